The molecule has 1 fully saturated rings. The molecular weight excluding hydrogens is 693 g/mol. The number of hydrogen-bond donors (Lipinski definition) is 0. The van der Waals surface area contributed by atoms with Gasteiger partial charge >= 0.3 is 0 Å². The maximum absolute atomic E-state index is 2.47. The number of benzene rings is 8. The molecule has 9 rings (SSSR count). The van der Waals surface area contributed by atoms with Crippen LogP contribution >= 0.6 is 20.1 Å². The summed E-state index contributed by atoms with van der Waals surface area (Å²) in [7, 11) is -1.43. The summed E-state index contributed by atoms with van der Waals surface area (Å²) < 4.78 is 0. The van der Waals surface area contributed by atoms with Gasteiger partial charge in [-0.15, -0.1) is 0 Å². The summed E-state index contributed by atoms with van der Waals surface area (Å²) in [5.74, 6) is 2.71. The van der Waals surface area contributed by atoms with Crippen LogP contribution in [0.25, 0.3) is 32.3 Å². The van der Waals surface area contributed by atoms with Crippen LogP contribution in [-0.2, 0) is 0 Å². The Bertz CT molecular complexity index is 2400. The lowest BCUT2D eigenvalue weighted by Crippen LogP contribution is -2.12. The molecule has 0 unspecified atom stereocenters. The fourth-order valence-electron chi connectivity index (χ4n) is 7.88. The molecule has 1 aliphatic heterocycles. The smallest absolute Gasteiger partial charge is 0.0546 e. The highest BCUT2D eigenvalue weighted by molar-refractivity contribution is 8.39. The van der Waals surface area contributed by atoms with Crippen molar-refractivity contribution in [2.45, 2.75) is 37.5 Å². The second kappa shape index (κ2) is 14.1. The van der Waals surface area contributed by atoms with Crippen molar-refractivity contribution >= 4 is 86.5 Å². The van der Waals surface area contributed by atoms with Gasteiger partial charge in [-0.05, 0) is 178 Å². The molecule has 0 amide bonds. The van der Waals surface area contributed by atoms with E-state index in [9.17, 15) is 0 Å². The SMILES string of the molecule is CC.Cc1ccc2c(N(c3ccccc3)c3ccc(S(C)(C)C)cc3)cc3c(C)ccc4c(N(c5ccccc5)c5ccc(S6(C)CC6)cc5)cc1c2c34. The molecule has 274 valence electrons. The lowest BCUT2D eigenvalue weighted by atomic mass is 9.87. The normalized spacial score (nSPS) is 14.4. The van der Waals surface area contributed by atoms with Gasteiger partial charge in [0.25, 0.3) is 0 Å². The first-order valence-electron chi connectivity index (χ1n) is 19.2. The molecule has 0 atom stereocenters. The predicted molar refractivity (Wildman–Crippen MR) is 245 cm³/mol. The molecule has 0 saturated carbocycles. The van der Waals surface area contributed by atoms with Crippen LogP contribution in [0.2, 0.25) is 0 Å². The minimum Gasteiger partial charge on any atom is -0.310 e. The molecule has 0 spiro atoms. The van der Waals surface area contributed by atoms with Crippen LogP contribution in [-0.4, -0.2) is 36.5 Å². The minimum absolute atomic E-state index is 0.591. The Labute approximate surface area is 325 Å². The molecule has 0 aromatic heterocycles. The van der Waals surface area contributed by atoms with Crippen molar-refractivity contribution in [2.24, 2.45) is 0 Å². The van der Waals surface area contributed by atoms with Gasteiger partial charge in [0.1, 0.15) is 0 Å². The third-order valence-electron chi connectivity index (χ3n) is 11.1. The topological polar surface area (TPSA) is 6.48 Å². The average molecular weight is 745 g/mol. The molecule has 0 aliphatic carbocycles. The van der Waals surface area contributed by atoms with Crippen LogP contribution in [0.15, 0.2) is 155 Å². The highest BCUT2D eigenvalue weighted by atomic mass is 32.3. The van der Waals surface area contributed by atoms with Crippen molar-refractivity contribution in [3.63, 3.8) is 0 Å². The Morgan fingerprint density at radius 2 is 0.852 bits per heavy atom. The molecule has 1 aliphatic rings. The van der Waals surface area contributed by atoms with E-state index < -0.39 is 20.1 Å². The van der Waals surface area contributed by atoms with Gasteiger partial charge in [0.15, 0.2) is 0 Å². The van der Waals surface area contributed by atoms with Crippen molar-refractivity contribution < 1.29 is 0 Å². The lowest BCUT2D eigenvalue weighted by molar-refractivity contribution is 1.28. The van der Waals surface area contributed by atoms with Crippen LogP contribution in [0.5, 0.6) is 0 Å². The third-order valence-corrected chi connectivity index (χ3v) is 15.8. The average Bonchev–Trinajstić information content (AvgIpc) is 3.95. The van der Waals surface area contributed by atoms with E-state index in [2.05, 4.69) is 194 Å². The largest absolute Gasteiger partial charge is 0.310 e. The molecule has 0 bridgehead atoms. The van der Waals surface area contributed by atoms with E-state index in [0.29, 0.717) is 0 Å². The second-order valence-electron chi connectivity index (χ2n) is 15.3. The van der Waals surface area contributed by atoms with Crippen LogP contribution in [0.3, 0.4) is 0 Å². The quantitative estimate of drug-likeness (QED) is 0.113. The summed E-state index contributed by atoms with van der Waals surface area (Å²) in [5, 5.41) is 7.79. The molecule has 1 heterocycles. The summed E-state index contributed by atoms with van der Waals surface area (Å²) in [6.07, 6.45) is 9.56. The molecular formula is C50H52N2S2. The zero-order chi connectivity index (χ0) is 37.8. The molecule has 8 aromatic rings. The zero-order valence-electron chi connectivity index (χ0n) is 33.0. The van der Waals surface area contributed by atoms with Gasteiger partial charge in [0, 0.05) is 33.5 Å². The Hall–Kier alpha value is -4.90. The number of anilines is 6. The maximum atomic E-state index is 2.47. The van der Waals surface area contributed by atoms with E-state index in [-0.39, 0.29) is 0 Å². The summed E-state index contributed by atoms with van der Waals surface area (Å²) in [6, 6.07) is 54.8. The van der Waals surface area contributed by atoms with Crippen molar-refractivity contribution in [3.8, 4) is 0 Å². The Morgan fingerprint density at radius 1 is 0.463 bits per heavy atom. The third kappa shape index (κ3) is 6.29. The molecule has 4 heteroatoms. The van der Waals surface area contributed by atoms with Crippen molar-refractivity contribution in [2.75, 3.05) is 46.3 Å². The summed E-state index contributed by atoms with van der Waals surface area (Å²) in [5.41, 5.74) is 9.67. The first-order valence-corrected chi connectivity index (χ1v) is 24.4. The standard InChI is InChI=1S/C48H46N2S2.C2H6/c1-33-18-28-42-46(50(36-15-11-8-12-16-36)38-21-25-40(26-22-38)52(6)29-30-52)32-44-34(2)17-27-41-45(31-43(33)48(42)47(41)44)49(35-13-9-7-10-14-35)37-19-23-39(24-20-37)51(3,4)5;1-2/h7-28,31-32H,29-30H2,1-6H3;1-2H3. The van der Waals surface area contributed by atoms with E-state index in [0.717, 1.165) is 5.69 Å². The molecule has 54 heavy (non-hydrogen) atoms. The maximum Gasteiger partial charge on any atom is 0.0546 e. The van der Waals surface area contributed by atoms with E-state index >= 15 is 0 Å². The minimum atomic E-state index is -0.838. The predicted octanol–water partition coefficient (Wildman–Crippen LogP) is 15.0. The number of rotatable bonds is 8. The van der Waals surface area contributed by atoms with Crippen molar-refractivity contribution in [3.05, 3.63) is 157 Å². The van der Waals surface area contributed by atoms with E-state index in [1.165, 1.54) is 93.2 Å². The van der Waals surface area contributed by atoms with Gasteiger partial charge < -0.3 is 9.80 Å². The summed E-state index contributed by atoms with van der Waals surface area (Å²) in [6.45, 7) is 8.54. The summed E-state index contributed by atoms with van der Waals surface area (Å²) in [4.78, 5) is 7.87. The molecule has 0 radical (unpaired) electrons. The molecule has 0 N–H and O–H groups in total. The highest BCUT2D eigenvalue weighted by Crippen LogP contribution is 2.65. The van der Waals surface area contributed by atoms with Crippen LogP contribution in [0, 0.1) is 13.8 Å². The number of nitrogens with zero attached hydrogens (tertiary/aromatic N) is 2. The zero-order valence-corrected chi connectivity index (χ0v) is 34.6. The fraction of sp³-hybridized carbons (Fsp3) is 0.200. The van der Waals surface area contributed by atoms with E-state index in [1.807, 2.05) is 13.8 Å². The summed E-state index contributed by atoms with van der Waals surface area (Å²) >= 11 is 0. The van der Waals surface area contributed by atoms with Gasteiger partial charge in [0.2, 0.25) is 0 Å². The second-order valence-corrected chi connectivity index (χ2v) is 23.3. The lowest BCUT2D eigenvalue weighted by Gasteiger charge is -2.32. The Morgan fingerprint density at radius 3 is 1.24 bits per heavy atom. The number of aryl methyl sites for hydroxylation is 2. The number of para-hydroxylation sites is 2. The Kier molecular flexibility index (Phi) is 9.40. The van der Waals surface area contributed by atoms with Crippen LogP contribution in [0.4, 0.5) is 34.1 Å². The van der Waals surface area contributed by atoms with Gasteiger partial charge in [-0.2, -0.15) is 0 Å². The van der Waals surface area contributed by atoms with Gasteiger partial charge in [-0.1, -0.05) is 74.5 Å². The van der Waals surface area contributed by atoms with Crippen LogP contribution in [0.1, 0.15) is 25.0 Å². The van der Waals surface area contributed by atoms with E-state index in [1.54, 1.807) is 0 Å². The first-order chi connectivity index (χ1) is 26.1. The Balaban J connectivity index is 0.00000203. The van der Waals surface area contributed by atoms with Gasteiger partial charge in [-0.25, -0.2) is 20.1 Å². The molecule has 1 saturated heterocycles. The number of hydrogen-bond acceptors (Lipinski definition) is 2. The van der Waals surface area contributed by atoms with Gasteiger partial charge in [0.05, 0.1) is 11.4 Å². The first kappa shape index (κ1) is 36.1. The van der Waals surface area contributed by atoms with E-state index in [4.69, 9.17) is 0 Å². The van der Waals surface area contributed by atoms with Crippen molar-refractivity contribution in [1.29, 1.82) is 0 Å². The molecule has 8 aromatic carbocycles. The monoisotopic (exact) mass is 744 g/mol. The van der Waals surface area contributed by atoms with Crippen LogP contribution < -0.4 is 9.80 Å². The van der Waals surface area contributed by atoms with Crippen molar-refractivity contribution in [1.82, 2.24) is 0 Å². The highest BCUT2D eigenvalue weighted by Gasteiger charge is 2.33. The fourth-order valence-corrected chi connectivity index (χ4v) is 11.1. The van der Waals surface area contributed by atoms with Gasteiger partial charge in [-0.3, -0.25) is 0 Å². The molecule has 2 nitrogen and oxygen atoms in total.